The molecule has 26 heavy (non-hydrogen) atoms. The number of ether oxygens (including phenoxy) is 1. The van der Waals surface area contributed by atoms with Crippen LogP contribution in [0.3, 0.4) is 0 Å². The third-order valence-electron chi connectivity index (χ3n) is 4.28. The summed E-state index contributed by atoms with van der Waals surface area (Å²) in [6.07, 6.45) is 1.67. The number of hydrogen-bond acceptors (Lipinski definition) is 4. The Labute approximate surface area is 154 Å². The molecule has 6 nitrogen and oxygen atoms in total. The molecule has 0 fully saturated rings. The molecule has 2 aromatic carbocycles. The number of methoxy groups -OCH3 is 1. The molecule has 0 aliphatic heterocycles. The SMILES string of the molecule is COc1ccc2c(c1)c(CC(=O)NN)c(S(C)=O)n2Cc1ccccc1. The van der Waals surface area contributed by atoms with Crippen LogP contribution in [0.5, 0.6) is 5.75 Å². The third kappa shape index (κ3) is 3.49. The van der Waals surface area contributed by atoms with Crippen molar-refractivity contribution in [3.8, 4) is 5.75 Å². The summed E-state index contributed by atoms with van der Waals surface area (Å²) in [5, 5.41) is 1.47. The molecule has 0 spiro atoms. The second kappa shape index (κ2) is 7.72. The quantitative estimate of drug-likeness (QED) is 0.394. The number of hydrazine groups is 1. The van der Waals surface area contributed by atoms with Crippen LogP contribution in [0.1, 0.15) is 11.1 Å². The van der Waals surface area contributed by atoms with Crippen LogP contribution in [0.2, 0.25) is 0 Å². The Kier molecular flexibility index (Phi) is 5.39. The van der Waals surface area contributed by atoms with Gasteiger partial charge in [-0.3, -0.25) is 14.4 Å². The van der Waals surface area contributed by atoms with Gasteiger partial charge in [0, 0.05) is 29.3 Å². The highest BCUT2D eigenvalue weighted by Gasteiger charge is 2.22. The maximum atomic E-state index is 12.6. The molecule has 7 heteroatoms. The summed E-state index contributed by atoms with van der Waals surface area (Å²) in [4.78, 5) is 11.9. The van der Waals surface area contributed by atoms with E-state index in [4.69, 9.17) is 10.6 Å². The Bertz CT molecular complexity index is 967. The minimum Gasteiger partial charge on any atom is -0.497 e. The van der Waals surface area contributed by atoms with Crippen LogP contribution in [0, 0.1) is 0 Å². The standard InChI is InChI=1S/C19H21N3O3S/c1-25-14-8-9-17-15(10-14)16(11-18(23)21-20)19(26(2)24)22(17)12-13-6-4-3-5-7-13/h3-10H,11-12,20H2,1-2H3,(H,21,23). The van der Waals surface area contributed by atoms with Crippen molar-refractivity contribution in [2.24, 2.45) is 5.84 Å². The van der Waals surface area contributed by atoms with Crippen molar-refractivity contribution in [2.75, 3.05) is 13.4 Å². The first kappa shape index (κ1) is 18.2. The summed E-state index contributed by atoms with van der Waals surface area (Å²) in [5.41, 5.74) is 4.85. The Morgan fingerprint density at radius 1 is 1.23 bits per heavy atom. The molecule has 1 atom stereocenters. The van der Waals surface area contributed by atoms with Crippen molar-refractivity contribution >= 4 is 27.6 Å². The first-order chi connectivity index (χ1) is 12.5. The lowest BCUT2D eigenvalue weighted by molar-refractivity contribution is -0.120. The van der Waals surface area contributed by atoms with E-state index < -0.39 is 10.8 Å². The smallest absolute Gasteiger partial charge is 0.238 e. The van der Waals surface area contributed by atoms with E-state index >= 15 is 0 Å². The maximum absolute atomic E-state index is 12.6. The van der Waals surface area contributed by atoms with Crippen molar-refractivity contribution < 1.29 is 13.7 Å². The van der Waals surface area contributed by atoms with E-state index in [1.54, 1.807) is 13.4 Å². The van der Waals surface area contributed by atoms with Crippen LogP contribution >= 0.6 is 0 Å². The number of carbonyl (C=O) groups excluding carboxylic acids is 1. The number of fused-ring (bicyclic) bond motifs is 1. The minimum atomic E-state index is -1.28. The number of aromatic nitrogens is 1. The zero-order chi connectivity index (χ0) is 18.7. The van der Waals surface area contributed by atoms with Crippen molar-refractivity contribution in [3.05, 3.63) is 59.7 Å². The molecule has 0 saturated carbocycles. The highest BCUT2D eigenvalue weighted by molar-refractivity contribution is 7.84. The zero-order valence-corrected chi connectivity index (χ0v) is 15.5. The molecule has 1 aromatic heterocycles. The van der Waals surface area contributed by atoms with Gasteiger partial charge in [0.05, 0.1) is 24.3 Å². The average Bonchev–Trinajstić information content (AvgIpc) is 2.95. The number of nitrogens with one attached hydrogen (secondary N) is 1. The van der Waals surface area contributed by atoms with Gasteiger partial charge in [-0.05, 0) is 23.8 Å². The van der Waals surface area contributed by atoms with Crippen LogP contribution < -0.4 is 16.0 Å². The minimum absolute atomic E-state index is 0.0525. The van der Waals surface area contributed by atoms with E-state index in [0.717, 1.165) is 16.5 Å². The van der Waals surface area contributed by atoms with Gasteiger partial charge in [0.25, 0.3) is 0 Å². The monoisotopic (exact) mass is 371 g/mol. The highest BCUT2D eigenvalue weighted by atomic mass is 32.2. The summed E-state index contributed by atoms with van der Waals surface area (Å²) in [5.74, 6) is 5.61. The predicted molar refractivity (Wildman–Crippen MR) is 102 cm³/mol. The van der Waals surface area contributed by atoms with Gasteiger partial charge in [0.1, 0.15) is 10.8 Å². The van der Waals surface area contributed by atoms with E-state index in [-0.39, 0.29) is 12.3 Å². The number of hydrogen-bond donors (Lipinski definition) is 2. The summed E-state index contributed by atoms with van der Waals surface area (Å²) < 4.78 is 19.9. The fourth-order valence-corrected chi connectivity index (χ4v) is 4.14. The molecule has 0 radical (unpaired) electrons. The Morgan fingerprint density at radius 2 is 1.96 bits per heavy atom. The molecule has 0 saturated heterocycles. The average molecular weight is 371 g/mol. The van der Waals surface area contributed by atoms with Gasteiger partial charge >= 0.3 is 0 Å². The molecule has 1 unspecified atom stereocenters. The van der Waals surface area contributed by atoms with E-state index in [1.165, 1.54) is 0 Å². The number of carbonyl (C=O) groups is 1. The van der Waals surface area contributed by atoms with Crippen molar-refractivity contribution in [1.29, 1.82) is 0 Å². The normalized spacial score (nSPS) is 12.1. The van der Waals surface area contributed by atoms with Crippen molar-refractivity contribution in [2.45, 2.75) is 18.0 Å². The Balaban J connectivity index is 2.25. The van der Waals surface area contributed by atoms with Crippen LogP contribution in [0.15, 0.2) is 53.6 Å². The fraction of sp³-hybridized carbons (Fsp3) is 0.211. The van der Waals surface area contributed by atoms with E-state index in [2.05, 4.69) is 5.43 Å². The van der Waals surface area contributed by atoms with Crippen molar-refractivity contribution in [3.63, 3.8) is 0 Å². The summed E-state index contributed by atoms with van der Waals surface area (Å²) in [6, 6.07) is 15.6. The molecule has 1 heterocycles. The Hall–Kier alpha value is -2.64. The number of amides is 1. The predicted octanol–water partition coefficient (Wildman–Crippen LogP) is 1.97. The van der Waals surface area contributed by atoms with Crippen molar-refractivity contribution in [1.82, 2.24) is 9.99 Å². The van der Waals surface area contributed by atoms with Gasteiger partial charge in [-0.1, -0.05) is 30.3 Å². The zero-order valence-electron chi connectivity index (χ0n) is 14.7. The van der Waals surface area contributed by atoms with E-state index in [0.29, 0.717) is 22.9 Å². The summed E-state index contributed by atoms with van der Waals surface area (Å²) >= 11 is 0. The van der Waals surface area contributed by atoms with Gasteiger partial charge < -0.3 is 9.30 Å². The topological polar surface area (TPSA) is 86.3 Å². The largest absolute Gasteiger partial charge is 0.497 e. The third-order valence-corrected chi connectivity index (χ3v) is 5.29. The lowest BCUT2D eigenvalue weighted by Crippen LogP contribution is -2.31. The van der Waals surface area contributed by atoms with Gasteiger partial charge in [0.15, 0.2) is 0 Å². The van der Waals surface area contributed by atoms with Gasteiger partial charge in [0.2, 0.25) is 5.91 Å². The number of benzene rings is 2. The first-order valence-corrected chi connectivity index (χ1v) is 9.67. The summed E-state index contributed by atoms with van der Waals surface area (Å²) in [6.45, 7) is 0.558. The van der Waals surface area contributed by atoms with Gasteiger partial charge in [-0.25, -0.2) is 5.84 Å². The van der Waals surface area contributed by atoms with Gasteiger partial charge in [-0.15, -0.1) is 0 Å². The van der Waals surface area contributed by atoms with E-state index in [1.807, 2.05) is 53.1 Å². The molecule has 0 bridgehead atoms. The van der Waals surface area contributed by atoms with Gasteiger partial charge in [-0.2, -0.15) is 0 Å². The molecule has 0 aliphatic rings. The van der Waals surface area contributed by atoms with Crippen LogP contribution in [0.25, 0.3) is 10.9 Å². The second-order valence-corrected chi connectivity index (χ2v) is 7.23. The molecule has 136 valence electrons. The molecule has 3 aromatic rings. The molecular weight excluding hydrogens is 350 g/mol. The second-order valence-electron chi connectivity index (χ2n) is 5.94. The van der Waals surface area contributed by atoms with Crippen LogP contribution in [-0.4, -0.2) is 28.0 Å². The highest BCUT2D eigenvalue weighted by Crippen LogP contribution is 2.32. The maximum Gasteiger partial charge on any atom is 0.238 e. The molecule has 0 aliphatic carbocycles. The lowest BCUT2D eigenvalue weighted by atomic mass is 10.1. The number of nitrogens with zero attached hydrogens (tertiary/aromatic N) is 1. The molecule has 3 rings (SSSR count). The lowest BCUT2D eigenvalue weighted by Gasteiger charge is -2.10. The van der Waals surface area contributed by atoms with Crippen LogP contribution in [0.4, 0.5) is 0 Å². The summed E-state index contributed by atoms with van der Waals surface area (Å²) in [7, 11) is 0.307. The first-order valence-electron chi connectivity index (χ1n) is 8.11. The van der Waals surface area contributed by atoms with Crippen LogP contribution in [-0.2, 0) is 28.6 Å². The van der Waals surface area contributed by atoms with E-state index in [9.17, 15) is 9.00 Å². The Morgan fingerprint density at radius 3 is 2.58 bits per heavy atom. The number of rotatable bonds is 6. The molecule has 3 N–H and O–H groups in total. The molecular formula is C19H21N3O3S. The number of nitrogens with two attached hydrogens (primary N) is 1. The fourth-order valence-electron chi connectivity index (χ4n) is 3.14. The molecule has 1 amide bonds.